The molecule has 0 saturated carbocycles. The Hall–Kier alpha value is -3.88. The first-order valence-corrected chi connectivity index (χ1v) is 10.1. The van der Waals surface area contributed by atoms with Crippen LogP contribution >= 0.6 is 0 Å². The van der Waals surface area contributed by atoms with E-state index in [9.17, 15) is 9.59 Å². The van der Waals surface area contributed by atoms with Gasteiger partial charge in [-0.3, -0.25) is 9.59 Å². The number of benzene rings is 1. The van der Waals surface area contributed by atoms with Gasteiger partial charge in [0.2, 0.25) is 17.1 Å². The van der Waals surface area contributed by atoms with Gasteiger partial charge in [0.25, 0.3) is 0 Å². The van der Waals surface area contributed by atoms with Gasteiger partial charge in [0.15, 0.2) is 11.5 Å². The highest BCUT2D eigenvalue weighted by molar-refractivity contribution is 5.83. The van der Waals surface area contributed by atoms with Crippen molar-refractivity contribution in [3.8, 4) is 34.1 Å². The van der Waals surface area contributed by atoms with Crippen LogP contribution in [0.1, 0.15) is 30.5 Å². The lowest BCUT2D eigenvalue weighted by atomic mass is 9.95. The van der Waals surface area contributed by atoms with Gasteiger partial charge >= 0.3 is 0 Å². The van der Waals surface area contributed by atoms with E-state index < -0.39 is 0 Å². The van der Waals surface area contributed by atoms with E-state index >= 15 is 0 Å². The lowest BCUT2D eigenvalue weighted by Crippen LogP contribution is -2.26. The molecular formula is C23H24N4O5. The minimum Gasteiger partial charge on any atom is -0.493 e. The Labute approximate surface area is 184 Å². The summed E-state index contributed by atoms with van der Waals surface area (Å²) in [4.78, 5) is 25.1. The van der Waals surface area contributed by atoms with Gasteiger partial charge in [-0.1, -0.05) is 11.3 Å². The number of carbonyl (C=O) groups is 1. The standard InChI is InChI=1S/C23H24N4O5/c1-13(28)25-17-7-5-14-11-20(30-2)22(31-3)23(32-4)21(14)15-6-8-18(19(29)12-16(15)17)27-10-9-24-26-27/h6,8-12,17H,5,7H2,1-4H3,(H,25,28)/t17-/m0/s1. The topological polar surface area (TPSA) is 105 Å². The number of aryl methyl sites for hydroxylation is 1. The zero-order chi connectivity index (χ0) is 22.8. The number of ether oxygens (including phenoxy) is 3. The molecule has 2 aromatic carbocycles. The summed E-state index contributed by atoms with van der Waals surface area (Å²) in [5, 5.41) is 10.7. The van der Waals surface area contributed by atoms with E-state index in [0.717, 1.165) is 16.7 Å². The Morgan fingerprint density at radius 3 is 2.53 bits per heavy atom. The molecule has 0 aliphatic heterocycles. The molecule has 0 bridgehead atoms. The van der Waals surface area contributed by atoms with E-state index in [4.69, 9.17) is 14.2 Å². The molecule has 9 nitrogen and oxygen atoms in total. The van der Waals surface area contributed by atoms with Crippen LogP contribution in [-0.2, 0) is 11.2 Å². The number of carbonyl (C=O) groups excluding carboxylic acids is 1. The zero-order valence-corrected chi connectivity index (χ0v) is 18.3. The number of aromatic nitrogens is 3. The van der Waals surface area contributed by atoms with Crippen LogP contribution in [0.5, 0.6) is 17.2 Å². The molecule has 1 aliphatic rings. The number of hydrogen-bond acceptors (Lipinski definition) is 7. The van der Waals surface area contributed by atoms with E-state index in [2.05, 4.69) is 15.6 Å². The summed E-state index contributed by atoms with van der Waals surface area (Å²) in [6.07, 6.45) is 4.35. The first-order valence-electron chi connectivity index (χ1n) is 10.1. The molecule has 1 aliphatic carbocycles. The van der Waals surface area contributed by atoms with Crippen LogP contribution in [0.3, 0.4) is 0 Å². The van der Waals surface area contributed by atoms with Gasteiger partial charge in [0, 0.05) is 12.5 Å². The van der Waals surface area contributed by atoms with Crippen molar-refractivity contribution in [2.45, 2.75) is 25.8 Å². The van der Waals surface area contributed by atoms with Gasteiger partial charge in [-0.15, -0.1) is 5.10 Å². The van der Waals surface area contributed by atoms with Crippen molar-refractivity contribution in [2.75, 3.05) is 21.3 Å². The Bertz CT molecular complexity index is 1220. The summed E-state index contributed by atoms with van der Waals surface area (Å²) in [6.45, 7) is 1.46. The lowest BCUT2D eigenvalue weighted by molar-refractivity contribution is -0.119. The first-order chi connectivity index (χ1) is 15.5. The van der Waals surface area contributed by atoms with Crippen LogP contribution in [0.4, 0.5) is 0 Å². The largest absolute Gasteiger partial charge is 0.493 e. The third-order valence-electron chi connectivity index (χ3n) is 5.56. The fraction of sp³-hybridized carbons (Fsp3) is 0.304. The summed E-state index contributed by atoms with van der Waals surface area (Å²) in [7, 11) is 4.69. The highest BCUT2D eigenvalue weighted by atomic mass is 16.5. The second-order valence-corrected chi connectivity index (χ2v) is 7.42. The van der Waals surface area contributed by atoms with Crippen molar-refractivity contribution < 1.29 is 19.0 Å². The predicted molar refractivity (Wildman–Crippen MR) is 118 cm³/mol. The molecule has 0 saturated heterocycles. The molecule has 9 heteroatoms. The van der Waals surface area contributed by atoms with Crippen molar-refractivity contribution in [1.82, 2.24) is 20.3 Å². The third-order valence-corrected chi connectivity index (χ3v) is 5.56. The van der Waals surface area contributed by atoms with Crippen molar-refractivity contribution in [1.29, 1.82) is 0 Å². The number of amides is 1. The fourth-order valence-electron chi connectivity index (χ4n) is 4.23. The summed E-state index contributed by atoms with van der Waals surface area (Å²) >= 11 is 0. The molecule has 1 aromatic heterocycles. The molecule has 1 heterocycles. The van der Waals surface area contributed by atoms with Gasteiger partial charge in [0.05, 0.1) is 39.8 Å². The van der Waals surface area contributed by atoms with Crippen LogP contribution in [-0.4, -0.2) is 42.2 Å². The highest BCUT2D eigenvalue weighted by Gasteiger charge is 2.29. The minimum absolute atomic E-state index is 0.176. The summed E-state index contributed by atoms with van der Waals surface area (Å²) in [5.41, 5.74) is 3.33. The average Bonchev–Trinajstić information content (AvgIpc) is 3.20. The van der Waals surface area contributed by atoms with E-state index in [1.54, 1.807) is 39.7 Å². The predicted octanol–water partition coefficient (Wildman–Crippen LogP) is 2.44. The fourth-order valence-corrected chi connectivity index (χ4v) is 4.23. The van der Waals surface area contributed by atoms with Crippen LogP contribution < -0.4 is 25.0 Å². The minimum atomic E-state index is -0.361. The van der Waals surface area contributed by atoms with Crippen LogP contribution in [0.15, 0.2) is 41.5 Å². The number of fused-ring (bicyclic) bond motifs is 3. The van der Waals surface area contributed by atoms with E-state index in [1.165, 1.54) is 17.8 Å². The van der Waals surface area contributed by atoms with Crippen molar-refractivity contribution in [2.24, 2.45) is 0 Å². The van der Waals surface area contributed by atoms with Gasteiger partial charge in [0.1, 0.15) is 5.69 Å². The number of rotatable bonds is 5. The highest BCUT2D eigenvalue weighted by Crippen LogP contribution is 2.50. The summed E-state index contributed by atoms with van der Waals surface area (Å²) < 4.78 is 18.3. The summed E-state index contributed by atoms with van der Waals surface area (Å²) in [5.74, 6) is 1.34. The molecule has 32 heavy (non-hydrogen) atoms. The Morgan fingerprint density at radius 2 is 1.91 bits per heavy atom. The lowest BCUT2D eigenvalue weighted by Gasteiger charge is -2.19. The molecule has 0 unspecified atom stereocenters. The van der Waals surface area contributed by atoms with Crippen molar-refractivity contribution >= 4 is 5.91 Å². The molecule has 1 amide bonds. The van der Waals surface area contributed by atoms with Crippen LogP contribution in [0.2, 0.25) is 0 Å². The normalized spacial score (nSPS) is 14.6. The number of hydrogen-bond donors (Lipinski definition) is 1. The quantitative estimate of drug-likeness (QED) is 0.655. The van der Waals surface area contributed by atoms with Gasteiger partial charge < -0.3 is 19.5 Å². The second kappa shape index (κ2) is 8.70. The molecule has 1 atom stereocenters. The molecule has 0 spiro atoms. The molecule has 0 radical (unpaired) electrons. The Balaban J connectivity index is 2.07. The molecule has 0 fully saturated rings. The zero-order valence-electron chi connectivity index (χ0n) is 18.3. The van der Waals surface area contributed by atoms with Crippen LogP contribution in [0, 0.1) is 0 Å². The number of nitrogens with zero attached hydrogens (tertiary/aromatic N) is 3. The average molecular weight is 436 g/mol. The van der Waals surface area contributed by atoms with E-state index in [1.807, 2.05) is 12.1 Å². The maximum absolute atomic E-state index is 13.1. The van der Waals surface area contributed by atoms with Gasteiger partial charge in [-0.25, -0.2) is 4.68 Å². The monoisotopic (exact) mass is 436 g/mol. The maximum atomic E-state index is 13.1. The van der Waals surface area contributed by atoms with Crippen LogP contribution in [0.25, 0.3) is 16.8 Å². The molecule has 4 rings (SSSR count). The molecule has 1 N–H and O–H groups in total. The molecular weight excluding hydrogens is 412 g/mol. The van der Waals surface area contributed by atoms with E-state index in [-0.39, 0.29) is 17.4 Å². The Morgan fingerprint density at radius 1 is 1.12 bits per heavy atom. The maximum Gasteiger partial charge on any atom is 0.217 e. The SMILES string of the molecule is COc1cc2c(c(OC)c1OC)-c1ccc(-n3ccnn3)c(=O)cc1[C@@H](NC(C)=O)CC2. The Kier molecular flexibility index (Phi) is 5.81. The second-order valence-electron chi connectivity index (χ2n) is 7.42. The van der Waals surface area contributed by atoms with E-state index in [0.29, 0.717) is 41.3 Å². The number of methoxy groups -OCH3 is 3. The smallest absolute Gasteiger partial charge is 0.217 e. The number of nitrogens with one attached hydrogen (secondary N) is 1. The molecule has 3 aromatic rings. The van der Waals surface area contributed by atoms with Gasteiger partial charge in [-0.2, -0.15) is 0 Å². The van der Waals surface area contributed by atoms with Crippen molar-refractivity contribution in [3.05, 3.63) is 58.0 Å². The van der Waals surface area contributed by atoms with Gasteiger partial charge in [-0.05, 0) is 47.7 Å². The third kappa shape index (κ3) is 3.66. The van der Waals surface area contributed by atoms with Crippen molar-refractivity contribution in [3.63, 3.8) is 0 Å². The molecule has 166 valence electrons. The summed E-state index contributed by atoms with van der Waals surface area (Å²) in [6, 6.07) is 6.66. The first kappa shape index (κ1) is 21.4.